The van der Waals surface area contributed by atoms with Crippen LogP contribution in [0.5, 0.6) is 0 Å². The summed E-state index contributed by atoms with van der Waals surface area (Å²) in [6.45, 7) is 13.6. The van der Waals surface area contributed by atoms with Gasteiger partial charge in [0, 0.05) is 22.3 Å². The molecule has 0 radical (unpaired) electrons. The van der Waals surface area contributed by atoms with E-state index < -0.39 is 0 Å². The molecular formula is C46H72N2. The summed E-state index contributed by atoms with van der Waals surface area (Å²) < 4.78 is 1.64. The average Bonchev–Trinajstić information content (AvgIpc) is 3.34. The lowest BCUT2D eigenvalue weighted by Crippen LogP contribution is -2.05. The molecule has 0 saturated heterocycles. The predicted molar refractivity (Wildman–Crippen MR) is 211 cm³/mol. The minimum atomic E-state index is 1.04. The second kappa shape index (κ2) is 23.0. The Bertz CT molecular complexity index is 1260. The zero-order chi connectivity index (χ0) is 34.6. The van der Waals surface area contributed by atoms with Gasteiger partial charge in [-0.1, -0.05) is 154 Å². The summed E-state index contributed by atoms with van der Waals surface area (Å²) in [6, 6.07) is 14.2. The second-order valence-electron chi connectivity index (χ2n) is 15.0. The first-order valence-corrected chi connectivity index (χ1v) is 20.6. The molecule has 0 amide bonds. The van der Waals surface area contributed by atoms with Crippen molar-refractivity contribution in [1.29, 1.82) is 0 Å². The molecule has 0 saturated carbocycles. The molecule has 2 aromatic rings. The number of unbranched alkanes of at least 4 members (excludes halogenated alkanes) is 16. The Hall–Kier alpha value is -2.48. The fraction of sp³-hybridized carbons (Fsp3) is 0.652. The van der Waals surface area contributed by atoms with E-state index in [2.05, 4.69) is 77.9 Å². The number of hydrogen-bond donors (Lipinski definition) is 0. The normalized spacial score (nSPS) is 13.4. The van der Waals surface area contributed by atoms with Crippen LogP contribution in [-0.4, -0.2) is 4.70 Å². The van der Waals surface area contributed by atoms with E-state index in [1.807, 2.05) is 0 Å². The quantitative estimate of drug-likeness (QED) is 0.0714. The summed E-state index contributed by atoms with van der Waals surface area (Å²) in [5.41, 5.74) is 25.2. The van der Waals surface area contributed by atoms with Crippen LogP contribution in [0.4, 0.5) is 0 Å². The van der Waals surface area contributed by atoms with Crippen LogP contribution >= 0.6 is 0 Å². The van der Waals surface area contributed by atoms with Gasteiger partial charge < -0.3 is 5.53 Å². The van der Waals surface area contributed by atoms with Crippen molar-refractivity contribution in [3.8, 4) is 0 Å². The fourth-order valence-corrected chi connectivity index (χ4v) is 7.76. The number of rotatable bonds is 26. The van der Waals surface area contributed by atoms with Crippen LogP contribution in [0.15, 0.2) is 47.5 Å². The highest BCUT2D eigenvalue weighted by Gasteiger charge is 2.35. The van der Waals surface area contributed by atoms with Crippen LogP contribution in [0.3, 0.4) is 0 Å². The fourth-order valence-electron chi connectivity index (χ4n) is 7.76. The van der Waals surface area contributed by atoms with Crippen molar-refractivity contribution < 1.29 is 4.70 Å². The molecule has 48 heavy (non-hydrogen) atoms. The molecule has 266 valence electrons. The Labute approximate surface area is 297 Å². The Morgan fingerprint density at radius 2 is 0.729 bits per heavy atom. The SMILES string of the molecule is CCCCCCCCC1=C(c2cc(C)cc(C)c2)[N+](=[N-])C(c2cc(CCCCCC)cc(CCCCCC)c2)=C1CCCCCCCC. The molecular weight excluding hydrogens is 581 g/mol. The Morgan fingerprint density at radius 1 is 0.396 bits per heavy atom. The maximum atomic E-state index is 12.4. The highest BCUT2D eigenvalue weighted by atomic mass is 15.2. The molecule has 0 unspecified atom stereocenters. The van der Waals surface area contributed by atoms with Gasteiger partial charge >= 0.3 is 0 Å². The number of nitrogens with zero attached hydrogens (tertiary/aromatic N) is 2. The maximum Gasteiger partial charge on any atom is 0.211 e. The molecule has 0 atom stereocenters. The molecule has 2 nitrogen and oxygen atoms in total. The predicted octanol–water partition coefficient (Wildman–Crippen LogP) is 15.2. The summed E-state index contributed by atoms with van der Waals surface area (Å²) in [6.07, 6.45) is 30.1. The first-order chi connectivity index (χ1) is 23.4. The topological polar surface area (TPSA) is 25.3 Å². The van der Waals surface area contributed by atoms with Gasteiger partial charge in [0.1, 0.15) is 0 Å². The van der Waals surface area contributed by atoms with Gasteiger partial charge in [-0.25, -0.2) is 4.70 Å². The Kier molecular flexibility index (Phi) is 19.2. The van der Waals surface area contributed by atoms with E-state index >= 15 is 0 Å². The molecule has 1 aliphatic heterocycles. The van der Waals surface area contributed by atoms with Gasteiger partial charge in [0.2, 0.25) is 11.4 Å². The van der Waals surface area contributed by atoms with Gasteiger partial charge in [0.15, 0.2) is 0 Å². The van der Waals surface area contributed by atoms with E-state index in [1.54, 1.807) is 4.70 Å². The zero-order valence-electron chi connectivity index (χ0n) is 32.3. The first kappa shape index (κ1) is 40.0. The van der Waals surface area contributed by atoms with Crippen molar-refractivity contribution in [1.82, 2.24) is 0 Å². The van der Waals surface area contributed by atoms with E-state index in [1.165, 1.54) is 173 Å². The molecule has 0 bridgehead atoms. The number of aryl methyl sites for hydroxylation is 4. The standard InChI is InChI=1S/C46H72N2/c1-7-11-15-19-21-25-29-43-44(30-26-22-20-16-12-8-2)46(48(47)45(43)41-32-37(5)31-38(6)33-41)42-35-39(27-23-17-13-9-3)34-40(36-42)28-24-18-14-10-4/h31-36H,7-30H2,1-6H3. The van der Waals surface area contributed by atoms with Gasteiger partial charge in [-0.15, -0.1) is 0 Å². The van der Waals surface area contributed by atoms with Crippen molar-refractivity contribution in [2.75, 3.05) is 0 Å². The Balaban J connectivity index is 2.09. The average molecular weight is 653 g/mol. The monoisotopic (exact) mass is 653 g/mol. The molecule has 0 fully saturated rings. The molecule has 0 aliphatic carbocycles. The molecule has 2 aromatic carbocycles. The van der Waals surface area contributed by atoms with Crippen LogP contribution in [0.25, 0.3) is 16.9 Å². The zero-order valence-corrected chi connectivity index (χ0v) is 32.3. The lowest BCUT2D eigenvalue weighted by Gasteiger charge is -2.14. The minimum absolute atomic E-state index is 1.04. The summed E-state index contributed by atoms with van der Waals surface area (Å²) in [5.74, 6) is 0. The van der Waals surface area contributed by atoms with E-state index in [9.17, 15) is 5.53 Å². The van der Waals surface area contributed by atoms with Crippen LogP contribution in [0, 0.1) is 13.8 Å². The second-order valence-corrected chi connectivity index (χ2v) is 15.0. The van der Waals surface area contributed by atoms with E-state index in [0.29, 0.717) is 0 Å². The lowest BCUT2D eigenvalue weighted by atomic mass is 9.89. The van der Waals surface area contributed by atoms with Crippen molar-refractivity contribution in [3.63, 3.8) is 0 Å². The van der Waals surface area contributed by atoms with Gasteiger partial charge in [-0.05, 0) is 101 Å². The highest BCUT2D eigenvalue weighted by molar-refractivity contribution is 5.82. The number of allylic oxidation sites excluding steroid dienone is 2. The van der Waals surface area contributed by atoms with E-state index in [-0.39, 0.29) is 0 Å². The van der Waals surface area contributed by atoms with Crippen molar-refractivity contribution in [2.24, 2.45) is 0 Å². The first-order valence-electron chi connectivity index (χ1n) is 20.6. The molecule has 0 aromatic heterocycles. The van der Waals surface area contributed by atoms with E-state index in [0.717, 1.165) is 37.1 Å². The largest absolute Gasteiger partial charge is 0.493 e. The van der Waals surface area contributed by atoms with Crippen molar-refractivity contribution in [3.05, 3.63) is 86.5 Å². The summed E-state index contributed by atoms with van der Waals surface area (Å²) >= 11 is 0. The number of hydrogen-bond acceptors (Lipinski definition) is 0. The van der Waals surface area contributed by atoms with Crippen molar-refractivity contribution in [2.45, 2.75) is 196 Å². The molecule has 2 heteroatoms. The van der Waals surface area contributed by atoms with Crippen LogP contribution < -0.4 is 0 Å². The van der Waals surface area contributed by atoms with Crippen LogP contribution in [-0.2, 0) is 12.8 Å². The van der Waals surface area contributed by atoms with Crippen LogP contribution in [0.1, 0.15) is 202 Å². The maximum absolute atomic E-state index is 12.4. The minimum Gasteiger partial charge on any atom is -0.493 e. The molecule has 0 N–H and O–H groups in total. The van der Waals surface area contributed by atoms with Crippen LogP contribution in [0.2, 0.25) is 0 Å². The summed E-state index contributed by atoms with van der Waals surface area (Å²) in [7, 11) is 0. The highest BCUT2D eigenvalue weighted by Crippen LogP contribution is 2.45. The Morgan fingerprint density at radius 3 is 1.15 bits per heavy atom. The number of benzene rings is 2. The van der Waals surface area contributed by atoms with Gasteiger partial charge in [-0.2, -0.15) is 0 Å². The third kappa shape index (κ3) is 13.1. The lowest BCUT2D eigenvalue weighted by molar-refractivity contribution is -0.345. The summed E-state index contributed by atoms with van der Waals surface area (Å²) in [5, 5.41) is 0. The van der Waals surface area contributed by atoms with Crippen molar-refractivity contribution >= 4 is 11.4 Å². The van der Waals surface area contributed by atoms with Gasteiger partial charge in [0.05, 0.1) is 0 Å². The van der Waals surface area contributed by atoms with E-state index in [4.69, 9.17) is 0 Å². The summed E-state index contributed by atoms with van der Waals surface area (Å²) in [4.78, 5) is 0. The smallest absolute Gasteiger partial charge is 0.211 e. The molecule has 1 aliphatic rings. The van der Waals surface area contributed by atoms with Gasteiger partial charge in [-0.3, -0.25) is 0 Å². The third-order valence-electron chi connectivity index (χ3n) is 10.4. The molecule has 1 heterocycles. The van der Waals surface area contributed by atoms with Gasteiger partial charge in [0.25, 0.3) is 0 Å². The third-order valence-corrected chi connectivity index (χ3v) is 10.4. The molecule has 0 spiro atoms. The molecule has 3 rings (SSSR count).